The Bertz CT molecular complexity index is 368. The number of ether oxygens (including phenoxy) is 1. The molecule has 0 aliphatic carbocycles. The van der Waals surface area contributed by atoms with Crippen molar-refractivity contribution < 1.29 is 19.0 Å². The summed E-state index contributed by atoms with van der Waals surface area (Å²) >= 11 is 0. The topological polar surface area (TPSA) is 85.4 Å². The molecule has 1 heterocycles. The molecule has 0 aromatic carbocycles. The second kappa shape index (κ2) is 4.70. The quantitative estimate of drug-likeness (QED) is 0.768. The summed E-state index contributed by atoms with van der Waals surface area (Å²) in [7, 11) is 0. The zero-order chi connectivity index (χ0) is 11.4. The highest BCUT2D eigenvalue weighted by Crippen LogP contribution is 2.11. The van der Waals surface area contributed by atoms with E-state index in [2.05, 4.69) is 4.98 Å². The lowest BCUT2D eigenvalue weighted by atomic mass is 10.3. The smallest absolute Gasteiger partial charge is 0.357 e. The molecule has 15 heavy (non-hydrogen) atoms. The van der Waals surface area contributed by atoms with E-state index in [0.717, 1.165) is 6.07 Å². The fourth-order valence-corrected chi connectivity index (χ4v) is 0.871. The Morgan fingerprint density at radius 2 is 2.40 bits per heavy atom. The molecular formula is C9H11FN2O3. The highest BCUT2D eigenvalue weighted by Gasteiger charge is 2.13. The molecule has 82 valence electrons. The average molecular weight is 214 g/mol. The first kappa shape index (κ1) is 11.4. The second-order valence-electron chi connectivity index (χ2n) is 3.07. The lowest BCUT2D eigenvalue weighted by molar-refractivity contribution is 0.0683. The van der Waals surface area contributed by atoms with Gasteiger partial charge in [-0.2, -0.15) is 0 Å². The predicted octanol–water partition coefficient (Wildman–Crippen LogP) is 0.645. The number of nitrogens with two attached hydrogens (primary N) is 1. The molecular weight excluding hydrogens is 203 g/mol. The van der Waals surface area contributed by atoms with E-state index in [9.17, 15) is 9.18 Å². The summed E-state index contributed by atoms with van der Waals surface area (Å²) in [5.41, 5.74) is 4.77. The number of hydrogen-bond acceptors (Lipinski definition) is 4. The third kappa shape index (κ3) is 3.17. The minimum atomic E-state index is -1.43. The van der Waals surface area contributed by atoms with Crippen molar-refractivity contribution in [1.29, 1.82) is 0 Å². The van der Waals surface area contributed by atoms with Gasteiger partial charge in [0, 0.05) is 12.1 Å². The van der Waals surface area contributed by atoms with E-state index in [-0.39, 0.29) is 18.5 Å². The zero-order valence-electron chi connectivity index (χ0n) is 8.11. The first-order valence-corrected chi connectivity index (χ1v) is 4.29. The van der Waals surface area contributed by atoms with Crippen molar-refractivity contribution in [2.24, 2.45) is 5.73 Å². The molecule has 3 N–H and O–H groups in total. The molecule has 5 nitrogen and oxygen atoms in total. The van der Waals surface area contributed by atoms with Crippen LogP contribution in [-0.2, 0) is 0 Å². The van der Waals surface area contributed by atoms with Gasteiger partial charge in [-0.15, -0.1) is 0 Å². The van der Waals surface area contributed by atoms with Crippen LogP contribution in [0.15, 0.2) is 12.1 Å². The molecule has 0 saturated heterocycles. The van der Waals surface area contributed by atoms with Gasteiger partial charge in [-0.25, -0.2) is 14.2 Å². The standard InChI is InChI=1S/C9H11FN2O3/c1-5(11)4-15-7-3-2-6(10)8(12-7)9(13)14/h2-3,5H,4,11H2,1H3,(H,13,14). The maximum absolute atomic E-state index is 12.9. The number of halogens is 1. The normalized spacial score (nSPS) is 12.2. The van der Waals surface area contributed by atoms with Gasteiger partial charge in [-0.1, -0.05) is 0 Å². The number of carboxylic acids is 1. The van der Waals surface area contributed by atoms with E-state index >= 15 is 0 Å². The molecule has 0 aliphatic heterocycles. The maximum Gasteiger partial charge on any atom is 0.357 e. The number of aromatic nitrogens is 1. The molecule has 0 radical (unpaired) electrons. The molecule has 1 aromatic rings. The number of hydrogen-bond donors (Lipinski definition) is 2. The van der Waals surface area contributed by atoms with Crippen LogP contribution in [0.2, 0.25) is 0 Å². The number of aromatic carboxylic acids is 1. The van der Waals surface area contributed by atoms with Gasteiger partial charge in [0.2, 0.25) is 5.88 Å². The summed E-state index contributed by atoms with van der Waals surface area (Å²) in [6, 6.07) is 2.04. The molecule has 0 bridgehead atoms. The van der Waals surface area contributed by atoms with Crippen molar-refractivity contribution in [3.05, 3.63) is 23.6 Å². The van der Waals surface area contributed by atoms with Gasteiger partial charge in [0.1, 0.15) is 6.61 Å². The van der Waals surface area contributed by atoms with E-state index in [0.29, 0.717) is 0 Å². The number of nitrogens with zero attached hydrogens (tertiary/aromatic N) is 1. The number of carbonyl (C=O) groups is 1. The van der Waals surface area contributed by atoms with E-state index in [1.807, 2.05) is 0 Å². The van der Waals surface area contributed by atoms with E-state index in [1.165, 1.54) is 6.07 Å². The van der Waals surface area contributed by atoms with Gasteiger partial charge in [0.25, 0.3) is 0 Å². The van der Waals surface area contributed by atoms with Gasteiger partial charge >= 0.3 is 5.97 Å². The van der Waals surface area contributed by atoms with E-state index < -0.39 is 17.5 Å². The fourth-order valence-electron chi connectivity index (χ4n) is 0.871. The van der Waals surface area contributed by atoms with E-state index in [1.54, 1.807) is 6.92 Å². The molecule has 0 spiro atoms. The Hall–Kier alpha value is -1.69. The molecule has 1 unspecified atom stereocenters. The Kier molecular flexibility index (Phi) is 3.56. The molecule has 0 aliphatic rings. The van der Waals surface area contributed by atoms with E-state index in [4.69, 9.17) is 15.6 Å². The third-order valence-electron chi connectivity index (χ3n) is 1.52. The summed E-state index contributed by atoms with van der Waals surface area (Å²) in [5.74, 6) is -2.28. The van der Waals surface area contributed by atoms with Crippen LogP contribution >= 0.6 is 0 Å². The highest BCUT2D eigenvalue weighted by molar-refractivity contribution is 5.85. The first-order chi connectivity index (χ1) is 7.00. The van der Waals surface area contributed by atoms with Gasteiger partial charge in [-0.05, 0) is 13.0 Å². The number of carboxylic acid groups (broad SMARTS) is 1. The monoisotopic (exact) mass is 214 g/mol. The van der Waals surface area contributed by atoms with Gasteiger partial charge in [0.15, 0.2) is 11.5 Å². The summed E-state index contributed by atoms with van der Waals surface area (Å²) in [5, 5.41) is 8.58. The van der Waals surface area contributed by atoms with Crippen LogP contribution in [-0.4, -0.2) is 28.7 Å². The van der Waals surface area contributed by atoms with Crippen LogP contribution in [0.1, 0.15) is 17.4 Å². The average Bonchev–Trinajstić information content (AvgIpc) is 2.16. The summed E-state index contributed by atoms with van der Waals surface area (Å²) in [6.07, 6.45) is 0. The fraction of sp³-hybridized carbons (Fsp3) is 0.333. The Morgan fingerprint density at radius 3 is 2.93 bits per heavy atom. The molecule has 1 atom stereocenters. The molecule has 1 rings (SSSR count). The van der Waals surface area contributed by atoms with Crippen molar-refractivity contribution in [3.8, 4) is 5.88 Å². The summed E-state index contributed by atoms with van der Waals surface area (Å²) in [4.78, 5) is 14.0. The molecule has 0 amide bonds. The predicted molar refractivity (Wildman–Crippen MR) is 50.3 cm³/mol. The SMILES string of the molecule is CC(N)COc1ccc(F)c(C(=O)O)n1. The van der Waals surface area contributed by atoms with Crippen molar-refractivity contribution in [3.63, 3.8) is 0 Å². The maximum atomic E-state index is 12.9. The van der Waals surface area contributed by atoms with Crippen molar-refractivity contribution in [2.45, 2.75) is 13.0 Å². The second-order valence-corrected chi connectivity index (χ2v) is 3.07. The van der Waals surface area contributed by atoms with Crippen LogP contribution in [0.25, 0.3) is 0 Å². The Balaban J connectivity index is 2.83. The summed E-state index contributed by atoms with van der Waals surface area (Å²) in [6.45, 7) is 1.92. The minimum absolute atomic E-state index is 0.0473. The lowest BCUT2D eigenvalue weighted by Gasteiger charge is -2.08. The van der Waals surface area contributed by atoms with Crippen LogP contribution in [0, 0.1) is 5.82 Å². The minimum Gasteiger partial charge on any atom is -0.476 e. The van der Waals surface area contributed by atoms with Gasteiger partial charge in [0.05, 0.1) is 0 Å². The number of pyridine rings is 1. The van der Waals surface area contributed by atoms with Crippen molar-refractivity contribution >= 4 is 5.97 Å². The van der Waals surface area contributed by atoms with Crippen molar-refractivity contribution in [1.82, 2.24) is 4.98 Å². The molecule has 6 heteroatoms. The third-order valence-corrected chi connectivity index (χ3v) is 1.52. The van der Waals surface area contributed by atoms with Crippen molar-refractivity contribution in [2.75, 3.05) is 6.61 Å². The Morgan fingerprint density at radius 1 is 1.73 bits per heavy atom. The molecule has 0 saturated carbocycles. The largest absolute Gasteiger partial charge is 0.476 e. The van der Waals surface area contributed by atoms with Gasteiger partial charge < -0.3 is 15.6 Å². The van der Waals surface area contributed by atoms with Crippen LogP contribution in [0.3, 0.4) is 0 Å². The van der Waals surface area contributed by atoms with Crippen LogP contribution < -0.4 is 10.5 Å². The van der Waals surface area contributed by atoms with Crippen LogP contribution in [0.4, 0.5) is 4.39 Å². The summed E-state index contributed by atoms with van der Waals surface area (Å²) < 4.78 is 17.9. The molecule has 0 fully saturated rings. The van der Waals surface area contributed by atoms with Crippen LogP contribution in [0.5, 0.6) is 5.88 Å². The lowest BCUT2D eigenvalue weighted by Crippen LogP contribution is -2.24. The Labute approximate surface area is 85.7 Å². The number of rotatable bonds is 4. The van der Waals surface area contributed by atoms with Gasteiger partial charge in [-0.3, -0.25) is 0 Å². The first-order valence-electron chi connectivity index (χ1n) is 4.29. The zero-order valence-corrected chi connectivity index (χ0v) is 8.11. The molecule has 1 aromatic heterocycles. The highest BCUT2D eigenvalue weighted by atomic mass is 19.1.